The van der Waals surface area contributed by atoms with Crippen LogP contribution < -0.4 is 21.7 Å². The third-order valence-electron chi connectivity index (χ3n) is 5.44. The summed E-state index contributed by atoms with van der Waals surface area (Å²) in [6.07, 6.45) is 1.90. The van der Waals surface area contributed by atoms with E-state index >= 15 is 0 Å². The largest absolute Gasteiger partial charge is 0.397 e. The number of nitrogens with one attached hydrogen (secondary N) is 3. The molecule has 1 aromatic carbocycles. The minimum absolute atomic E-state index is 0.0575. The predicted molar refractivity (Wildman–Crippen MR) is 144 cm³/mol. The highest BCUT2D eigenvalue weighted by Crippen LogP contribution is 2.40. The SMILES string of the molecule is CSc1nc(-c2cccc(NC(=O)CN3CCNCC3)c2)c2c(N)c(C(=O)NC(C)(C)C)sc2n1. The average molecular weight is 514 g/mol. The third kappa shape index (κ3) is 6.10. The number of thioether (sulfide) groups is 1. The molecular formula is C24H31N7O2S2. The summed E-state index contributed by atoms with van der Waals surface area (Å²) < 4.78 is 0. The number of hydrogen-bond donors (Lipinski definition) is 4. The van der Waals surface area contributed by atoms with Gasteiger partial charge in [0.1, 0.15) is 9.71 Å². The molecule has 186 valence electrons. The standard InChI is InChI=1S/C24H31N7O2S2/c1-24(2,3)30-21(33)20-18(25)17-19(28-23(34-4)29-22(17)35-20)14-6-5-7-15(12-14)27-16(32)13-31-10-8-26-9-11-31/h5-7,12,26H,8-11,13,25H2,1-4H3,(H,27,32)(H,30,33). The third-order valence-corrected chi connectivity index (χ3v) is 7.09. The van der Waals surface area contributed by atoms with Gasteiger partial charge in [-0.25, -0.2) is 9.97 Å². The second-order valence-corrected chi connectivity index (χ2v) is 11.2. The lowest BCUT2D eigenvalue weighted by Gasteiger charge is -2.26. The number of thiophene rings is 1. The number of aromatic nitrogens is 2. The van der Waals surface area contributed by atoms with Crippen molar-refractivity contribution in [1.82, 2.24) is 25.5 Å². The van der Waals surface area contributed by atoms with Crippen LogP contribution in [0.3, 0.4) is 0 Å². The first-order valence-corrected chi connectivity index (χ1v) is 13.5. The quantitative estimate of drug-likeness (QED) is 0.293. The van der Waals surface area contributed by atoms with Gasteiger partial charge in [-0.05, 0) is 39.2 Å². The first kappa shape index (κ1) is 25.4. The van der Waals surface area contributed by atoms with Gasteiger partial charge in [-0.15, -0.1) is 11.3 Å². The van der Waals surface area contributed by atoms with Gasteiger partial charge in [-0.2, -0.15) is 0 Å². The van der Waals surface area contributed by atoms with Crippen LogP contribution in [0.25, 0.3) is 21.5 Å². The molecule has 3 heterocycles. The second kappa shape index (κ2) is 10.5. The zero-order valence-corrected chi connectivity index (χ0v) is 22.0. The Morgan fingerprint density at radius 1 is 1.23 bits per heavy atom. The van der Waals surface area contributed by atoms with E-state index in [0.717, 1.165) is 31.7 Å². The molecular weight excluding hydrogens is 482 g/mol. The molecule has 0 saturated carbocycles. The summed E-state index contributed by atoms with van der Waals surface area (Å²) in [5, 5.41) is 10.5. The zero-order chi connectivity index (χ0) is 25.2. The molecule has 1 aliphatic heterocycles. The van der Waals surface area contributed by atoms with E-state index in [0.29, 0.717) is 43.9 Å². The van der Waals surface area contributed by atoms with Gasteiger partial charge >= 0.3 is 0 Å². The van der Waals surface area contributed by atoms with Crippen LogP contribution in [0.15, 0.2) is 29.4 Å². The van der Waals surface area contributed by atoms with Crippen LogP contribution in [0.2, 0.25) is 0 Å². The summed E-state index contributed by atoms with van der Waals surface area (Å²) in [4.78, 5) is 38.1. The van der Waals surface area contributed by atoms with Crippen LogP contribution in [0.5, 0.6) is 0 Å². The van der Waals surface area contributed by atoms with Gasteiger partial charge in [-0.3, -0.25) is 14.5 Å². The highest BCUT2D eigenvalue weighted by atomic mass is 32.2. The highest BCUT2D eigenvalue weighted by molar-refractivity contribution is 7.98. The van der Waals surface area contributed by atoms with E-state index in [1.807, 2.05) is 51.3 Å². The number of benzene rings is 1. The van der Waals surface area contributed by atoms with Gasteiger partial charge in [0.2, 0.25) is 5.91 Å². The number of nitrogen functional groups attached to an aromatic ring is 1. The Hall–Kier alpha value is -2.73. The summed E-state index contributed by atoms with van der Waals surface area (Å²) in [6.45, 7) is 9.61. The van der Waals surface area contributed by atoms with Crippen molar-refractivity contribution < 1.29 is 9.59 Å². The molecule has 35 heavy (non-hydrogen) atoms. The van der Waals surface area contributed by atoms with E-state index in [-0.39, 0.29) is 11.8 Å². The monoisotopic (exact) mass is 513 g/mol. The molecule has 0 unspecified atom stereocenters. The van der Waals surface area contributed by atoms with Crippen molar-refractivity contribution in [3.8, 4) is 11.3 Å². The van der Waals surface area contributed by atoms with Crippen molar-refractivity contribution in [3.63, 3.8) is 0 Å². The zero-order valence-electron chi connectivity index (χ0n) is 20.4. The number of hydrogen-bond acceptors (Lipinski definition) is 9. The van der Waals surface area contributed by atoms with Crippen molar-refractivity contribution in [2.75, 3.05) is 50.0 Å². The number of carbonyl (C=O) groups is 2. The summed E-state index contributed by atoms with van der Waals surface area (Å²) in [6, 6.07) is 7.53. The minimum atomic E-state index is -0.393. The molecule has 0 atom stereocenters. The van der Waals surface area contributed by atoms with Crippen molar-refractivity contribution in [3.05, 3.63) is 29.1 Å². The lowest BCUT2D eigenvalue weighted by molar-refractivity contribution is -0.117. The first-order valence-electron chi connectivity index (χ1n) is 11.4. The Balaban J connectivity index is 1.67. The number of nitrogens with zero attached hydrogens (tertiary/aromatic N) is 3. The van der Waals surface area contributed by atoms with Gasteiger partial charge in [-0.1, -0.05) is 23.9 Å². The van der Waals surface area contributed by atoms with E-state index in [9.17, 15) is 9.59 Å². The van der Waals surface area contributed by atoms with Gasteiger partial charge in [0.15, 0.2) is 5.16 Å². The normalized spacial score (nSPS) is 14.7. The molecule has 1 saturated heterocycles. The number of fused-ring (bicyclic) bond motifs is 1. The summed E-state index contributed by atoms with van der Waals surface area (Å²) in [7, 11) is 0. The molecule has 1 aliphatic rings. The Labute approximate surface area is 213 Å². The topological polar surface area (TPSA) is 125 Å². The fourth-order valence-electron chi connectivity index (χ4n) is 3.89. The van der Waals surface area contributed by atoms with Crippen LogP contribution in [0.1, 0.15) is 30.4 Å². The first-order chi connectivity index (χ1) is 16.6. The van der Waals surface area contributed by atoms with Gasteiger partial charge < -0.3 is 21.7 Å². The van der Waals surface area contributed by atoms with E-state index in [1.165, 1.54) is 23.1 Å². The summed E-state index contributed by atoms with van der Waals surface area (Å²) in [5.41, 5.74) is 8.58. The van der Waals surface area contributed by atoms with Crippen molar-refractivity contribution in [2.45, 2.75) is 31.5 Å². The molecule has 0 radical (unpaired) electrons. The van der Waals surface area contributed by atoms with Gasteiger partial charge in [0.05, 0.1) is 23.3 Å². The molecule has 3 aromatic rings. The molecule has 11 heteroatoms. The number of nitrogens with two attached hydrogens (primary N) is 1. The Kier molecular flexibility index (Phi) is 7.60. The Morgan fingerprint density at radius 3 is 2.66 bits per heavy atom. The molecule has 4 rings (SSSR count). The maximum atomic E-state index is 12.9. The van der Waals surface area contributed by atoms with Crippen LogP contribution in [0.4, 0.5) is 11.4 Å². The number of anilines is 2. The molecule has 2 amide bonds. The Morgan fingerprint density at radius 2 is 1.97 bits per heavy atom. The smallest absolute Gasteiger partial charge is 0.263 e. The molecule has 0 aliphatic carbocycles. The molecule has 9 nitrogen and oxygen atoms in total. The number of carbonyl (C=O) groups excluding carboxylic acids is 2. The van der Waals surface area contributed by atoms with E-state index < -0.39 is 5.54 Å². The molecule has 0 spiro atoms. The molecule has 5 N–H and O–H groups in total. The van der Waals surface area contributed by atoms with Crippen LogP contribution in [0, 0.1) is 0 Å². The van der Waals surface area contributed by atoms with Crippen molar-refractivity contribution >= 4 is 56.5 Å². The van der Waals surface area contributed by atoms with Crippen molar-refractivity contribution in [1.29, 1.82) is 0 Å². The molecule has 1 fully saturated rings. The fraction of sp³-hybridized carbons (Fsp3) is 0.417. The number of rotatable bonds is 6. The van der Waals surface area contributed by atoms with E-state index in [2.05, 4.69) is 25.8 Å². The van der Waals surface area contributed by atoms with Crippen LogP contribution in [-0.2, 0) is 4.79 Å². The average Bonchev–Trinajstić information content (AvgIpc) is 3.14. The summed E-state index contributed by atoms with van der Waals surface area (Å²) >= 11 is 2.69. The second-order valence-electron chi connectivity index (χ2n) is 9.44. The molecule has 0 bridgehead atoms. The minimum Gasteiger partial charge on any atom is -0.397 e. The lowest BCUT2D eigenvalue weighted by atomic mass is 10.1. The van der Waals surface area contributed by atoms with E-state index in [4.69, 9.17) is 10.7 Å². The van der Waals surface area contributed by atoms with Crippen LogP contribution in [-0.4, -0.2) is 71.2 Å². The number of piperazine rings is 1. The highest BCUT2D eigenvalue weighted by Gasteiger charge is 2.25. The van der Waals surface area contributed by atoms with E-state index in [1.54, 1.807) is 0 Å². The number of amides is 2. The van der Waals surface area contributed by atoms with Crippen molar-refractivity contribution in [2.24, 2.45) is 0 Å². The maximum Gasteiger partial charge on any atom is 0.263 e. The maximum absolute atomic E-state index is 12.9. The fourth-order valence-corrected chi connectivity index (χ4v) is 5.30. The predicted octanol–water partition coefficient (Wildman–Crippen LogP) is 3.03. The van der Waals surface area contributed by atoms with Gasteiger partial charge in [0, 0.05) is 43.0 Å². The summed E-state index contributed by atoms with van der Waals surface area (Å²) in [5.74, 6) is -0.290. The van der Waals surface area contributed by atoms with Crippen LogP contribution >= 0.6 is 23.1 Å². The lowest BCUT2D eigenvalue weighted by Crippen LogP contribution is -2.46. The molecule has 2 aromatic heterocycles. The Bertz CT molecular complexity index is 1250. The van der Waals surface area contributed by atoms with Gasteiger partial charge in [0.25, 0.3) is 5.91 Å².